The molecule has 0 unspecified atom stereocenters. The van der Waals surface area contributed by atoms with Crippen LogP contribution in [0, 0.1) is 17.5 Å². The van der Waals surface area contributed by atoms with Gasteiger partial charge in [0.05, 0.1) is 10.6 Å². The van der Waals surface area contributed by atoms with Gasteiger partial charge in [0.1, 0.15) is 17.5 Å². The van der Waals surface area contributed by atoms with Gasteiger partial charge in [-0.25, -0.2) is 21.6 Å². The van der Waals surface area contributed by atoms with Crippen LogP contribution in [0.5, 0.6) is 0 Å². The summed E-state index contributed by atoms with van der Waals surface area (Å²) in [5.74, 6) is -2.98. The number of halogens is 3. The van der Waals surface area contributed by atoms with Gasteiger partial charge in [-0.05, 0) is 55.0 Å². The lowest BCUT2D eigenvalue weighted by Gasteiger charge is -2.36. The highest BCUT2D eigenvalue weighted by molar-refractivity contribution is 7.90. The van der Waals surface area contributed by atoms with E-state index in [1.54, 1.807) is 11.0 Å². The third-order valence-corrected chi connectivity index (χ3v) is 7.24. The Bertz CT molecular complexity index is 1470. The normalized spacial score (nSPS) is 14.1. The molecule has 10 heteroatoms. The van der Waals surface area contributed by atoms with Gasteiger partial charge >= 0.3 is 0 Å². The Balaban J connectivity index is 1.63. The molecule has 1 amide bonds. The zero-order valence-electron chi connectivity index (χ0n) is 19.6. The molecule has 0 N–H and O–H groups in total. The SMILES string of the molecule is CC(=O)c1ccc(N2CCN(C(=O)c3cc(S(C)(=O)=O)ccc3-c3ccc(F)cc3F)CC2)c(F)c1. The number of carbonyl (C=O) groups is 2. The molecule has 4 rings (SSSR count). The number of hydrogen-bond acceptors (Lipinski definition) is 5. The molecule has 1 fully saturated rings. The predicted octanol–water partition coefficient (Wildman–Crippen LogP) is 4.34. The van der Waals surface area contributed by atoms with E-state index >= 15 is 0 Å². The van der Waals surface area contributed by atoms with Crippen LogP contribution in [0.2, 0.25) is 0 Å². The van der Waals surface area contributed by atoms with Crippen LogP contribution in [0.25, 0.3) is 11.1 Å². The van der Waals surface area contributed by atoms with Gasteiger partial charge in [-0.15, -0.1) is 0 Å². The van der Waals surface area contributed by atoms with Crippen molar-refractivity contribution in [3.63, 3.8) is 0 Å². The molecule has 0 bridgehead atoms. The lowest BCUT2D eigenvalue weighted by molar-refractivity contribution is 0.0747. The lowest BCUT2D eigenvalue weighted by atomic mass is 9.98. The summed E-state index contributed by atoms with van der Waals surface area (Å²) >= 11 is 0. The second-order valence-corrected chi connectivity index (χ2v) is 10.6. The number of rotatable bonds is 5. The number of Topliss-reactive ketones (excluding diaryl/α,β-unsaturated/α-hetero) is 1. The van der Waals surface area contributed by atoms with E-state index in [0.29, 0.717) is 11.8 Å². The maximum Gasteiger partial charge on any atom is 0.254 e. The first-order valence-corrected chi connectivity index (χ1v) is 13.0. The van der Waals surface area contributed by atoms with E-state index < -0.39 is 33.2 Å². The van der Waals surface area contributed by atoms with Crippen LogP contribution in [-0.4, -0.2) is 57.4 Å². The highest BCUT2D eigenvalue weighted by Gasteiger charge is 2.27. The number of amides is 1. The van der Waals surface area contributed by atoms with E-state index in [2.05, 4.69) is 0 Å². The zero-order valence-corrected chi connectivity index (χ0v) is 20.4. The Morgan fingerprint density at radius 2 is 1.47 bits per heavy atom. The summed E-state index contributed by atoms with van der Waals surface area (Å²) in [5, 5.41) is 0. The van der Waals surface area contributed by atoms with Gasteiger partial charge in [0.2, 0.25) is 0 Å². The first-order chi connectivity index (χ1) is 17.0. The lowest BCUT2D eigenvalue weighted by Crippen LogP contribution is -2.49. The van der Waals surface area contributed by atoms with Gasteiger partial charge in [-0.3, -0.25) is 9.59 Å². The van der Waals surface area contributed by atoms with Crippen LogP contribution in [0.3, 0.4) is 0 Å². The largest absolute Gasteiger partial charge is 0.366 e. The molecule has 3 aromatic rings. The first kappa shape index (κ1) is 25.4. The molecule has 1 saturated heterocycles. The number of hydrogen-bond donors (Lipinski definition) is 0. The van der Waals surface area contributed by atoms with Crippen LogP contribution < -0.4 is 4.90 Å². The summed E-state index contributed by atoms with van der Waals surface area (Å²) in [7, 11) is -3.66. The van der Waals surface area contributed by atoms with Crippen LogP contribution in [-0.2, 0) is 9.84 Å². The molecule has 3 aromatic carbocycles. The third kappa shape index (κ3) is 5.13. The van der Waals surface area contributed by atoms with Crippen LogP contribution >= 0.6 is 0 Å². The molecule has 188 valence electrons. The van der Waals surface area contributed by atoms with Crippen molar-refractivity contribution < 1.29 is 31.2 Å². The van der Waals surface area contributed by atoms with Crippen molar-refractivity contribution in [1.82, 2.24) is 4.90 Å². The number of sulfone groups is 1. The van der Waals surface area contributed by atoms with E-state index in [4.69, 9.17) is 0 Å². The van der Waals surface area contributed by atoms with E-state index in [-0.39, 0.29) is 59.1 Å². The van der Waals surface area contributed by atoms with Crippen molar-refractivity contribution in [3.05, 3.63) is 83.2 Å². The van der Waals surface area contributed by atoms with E-state index in [9.17, 15) is 31.2 Å². The van der Waals surface area contributed by atoms with E-state index in [1.807, 2.05) is 0 Å². The number of carbonyl (C=O) groups excluding carboxylic acids is 2. The zero-order chi connectivity index (χ0) is 26.2. The maximum atomic E-state index is 14.6. The molecule has 1 aliphatic heterocycles. The van der Waals surface area contributed by atoms with E-state index in [1.165, 1.54) is 48.2 Å². The molecule has 36 heavy (non-hydrogen) atoms. The molecule has 6 nitrogen and oxygen atoms in total. The predicted molar refractivity (Wildman–Crippen MR) is 129 cm³/mol. The monoisotopic (exact) mass is 516 g/mol. The second kappa shape index (κ2) is 9.77. The van der Waals surface area contributed by atoms with Gasteiger partial charge in [0.25, 0.3) is 5.91 Å². The van der Waals surface area contributed by atoms with Crippen molar-refractivity contribution in [3.8, 4) is 11.1 Å². The highest BCUT2D eigenvalue weighted by atomic mass is 32.2. The van der Waals surface area contributed by atoms with Gasteiger partial charge in [0, 0.05) is 55.2 Å². The number of benzene rings is 3. The standard InChI is InChI=1S/C26H23F3N2O4S/c1-16(32)17-3-8-25(24(29)13-17)30-9-11-31(12-10-30)26(33)22-15-19(36(2,34)35)5-7-20(22)21-6-4-18(27)14-23(21)28/h3-8,13-15H,9-12H2,1-2H3. The molecule has 1 heterocycles. The fraction of sp³-hybridized carbons (Fsp3) is 0.231. The average molecular weight is 517 g/mol. The quantitative estimate of drug-likeness (QED) is 0.472. The fourth-order valence-electron chi connectivity index (χ4n) is 4.18. The summed E-state index contributed by atoms with van der Waals surface area (Å²) in [6, 6.07) is 11.0. The summed E-state index contributed by atoms with van der Waals surface area (Å²) in [4.78, 5) is 28.1. The van der Waals surface area contributed by atoms with Crippen molar-refractivity contribution in [1.29, 1.82) is 0 Å². The minimum Gasteiger partial charge on any atom is -0.366 e. The average Bonchev–Trinajstić information content (AvgIpc) is 2.83. The molecule has 0 saturated carbocycles. The molecular formula is C26H23F3N2O4S. The van der Waals surface area contributed by atoms with Crippen molar-refractivity contribution in [2.45, 2.75) is 11.8 Å². The minimum atomic E-state index is -3.66. The van der Waals surface area contributed by atoms with Gasteiger partial charge in [-0.1, -0.05) is 6.07 Å². The molecule has 0 spiro atoms. The van der Waals surface area contributed by atoms with Crippen LogP contribution in [0.15, 0.2) is 59.5 Å². The Morgan fingerprint density at radius 3 is 2.06 bits per heavy atom. The summed E-state index contributed by atoms with van der Waals surface area (Å²) in [5.41, 5.74) is 0.634. The topological polar surface area (TPSA) is 74.8 Å². The Hall–Kier alpha value is -3.66. The minimum absolute atomic E-state index is 0.0334. The molecular weight excluding hydrogens is 493 g/mol. The van der Waals surface area contributed by atoms with Crippen molar-refractivity contribution in [2.24, 2.45) is 0 Å². The van der Waals surface area contributed by atoms with Crippen LogP contribution in [0.1, 0.15) is 27.6 Å². The number of ketones is 1. The third-order valence-electron chi connectivity index (χ3n) is 6.13. The fourth-order valence-corrected chi connectivity index (χ4v) is 4.82. The number of piperazine rings is 1. The van der Waals surface area contributed by atoms with Crippen LogP contribution in [0.4, 0.5) is 18.9 Å². The second-order valence-electron chi connectivity index (χ2n) is 8.61. The number of nitrogens with zero attached hydrogens (tertiary/aromatic N) is 2. The summed E-state index contributed by atoms with van der Waals surface area (Å²) in [6.45, 7) is 2.31. The maximum absolute atomic E-state index is 14.6. The Kier molecular flexibility index (Phi) is 6.90. The van der Waals surface area contributed by atoms with Gasteiger partial charge in [0.15, 0.2) is 15.6 Å². The highest BCUT2D eigenvalue weighted by Crippen LogP contribution is 2.31. The summed E-state index contributed by atoms with van der Waals surface area (Å²) < 4.78 is 66.9. The number of anilines is 1. The first-order valence-electron chi connectivity index (χ1n) is 11.1. The summed E-state index contributed by atoms with van der Waals surface area (Å²) in [6.07, 6.45) is 0.999. The molecule has 0 atom stereocenters. The Morgan fingerprint density at radius 1 is 0.806 bits per heavy atom. The van der Waals surface area contributed by atoms with Gasteiger partial charge in [-0.2, -0.15) is 0 Å². The van der Waals surface area contributed by atoms with E-state index in [0.717, 1.165) is 12.3 Å². The van der Waals surface area contributed by atoms with Crippen molar-refractivity contribution in [2.75, 3.05) is 37.3 Å². The Labute approximate surface area is 206 Å². The molecule has 0 aromatic heterocycles. The molecule has 0 aliphatic carbocycles. The van der Waals surface area contributed by atoms with Gasteiger partial charge < -0.3 is 9.80 Å². The molecule has 1 aliphatic rings. The smallest absolute Gasteiger partial charge is 0.254 e. The van der Waals surface area contributed by atoms with Crippen molar-refractivity contribution >= 4 is 27.2 Å². The molecule has 0 radical (unpaired) electrons.